The first-order valence-corrected chi connectivity index (χ1v) is 5.22. The summed E-state index contributed by atoms with van der Waals surface area (Å²) in [4.78, 5) is 26.7. The van der Waals surface area contributed by atoms with Crippen LogP contribution in [-0.2, 0) is 4.74 Å². The summed E-state index contributed by atoms with van der Waals surface area (Å²) in [6, 6.07) is 2.83. The van der Waals surface area contributed by atoms with Crippen LogP contribution in [0, 0.1) is 0 Å². The maximum Gasteiger partial charge on any atom is 0.341 e. The molecule has 8 nitrogen and oxygen atoms in total. The lowest BCUT2D eigenvalue weighted by Gasteiger charge is -2.07. The number of primary amides is 1. The lowest BCUT2D eigenvalue weighted by atomic mass is 10.2. The Morgan fingerprint density at radius 2 is 2.16 bits per heavy atom. The van der Waals surface area contributed by atoms with Gasteiger partial charge in [-0.3, -0.25) is 4.79 Å². The number of carbonyl (C=O) groups is 2. The molecule has 98 valence electrons. The zero-order valence-electron chi connectivity index (χ0n) is 10.0. The second kappa shape index (κ2) is 4.77. The van der Waals surface area contributed by atoms with Gasteiger partial charge < -0.3 is 16.2 Å². The number of nitrogen functional groups attached to an aromatic ring is 1. The minimum atomic E-state index is -0.672. The molecule has 2 rings (SSSR count). The van der Waals surface area contributed by atoms with Gasteiger partial charge in [-0.15, -0.1) is 0 Å². The number of nitrogens with two attached hydrogens (primary N) is 2. The average molecular weight is 261 g/mol. The standard InChI is InChI=1S/C11H11N5O3/c1-19-11(18)7-4-6(12)5-14-10(7)16-3-2-8(15-16)9(13)17/h2-5H,12H2,1H3,(H2,13,17). The molecule has 0 saturated carbocycles. The predicted octanol–water partition coefficient (Wildman–Crippen LogP) is -0.265. The van der Waals surface area contributed by atoms with Crippen molar-refractivity contribution in [2.75, 3.05) is 12.8 Å². The second-order valence-electron chi connectivity index (χ2n) is 3.64. The average Bonchev–Trinajstić information content (AvgIpc) is 2.87. The van der Waals surface area contributed by atoms with Crippen LogP contribution in [0.15, 0.2) is 24.5 Å². The summed E-state index contributed by atoms with van der Waals surface area (Å²) in [5.41, 5.74) is 11.2. The molecule has 0 aliphatic heterocycles. The number of pyridine rings is 1. The quantitative estimate of drug-likeness (QED) is 0.732. The van der Waals surface area contributed by atoms with Crippen molar-refractivity contribution in [1.29, 1.82) is 0 Å². The Morgan fingerprint density at radius 3 is 2.74 bits per heavy atom. The number of aromatic nitrogens is 3. The van der Waals surface area contributed by atoms with Gasteiger partial charge in [-0.2, -0.15) is 5.10 Å². The monoisotopic (exact) mass is 261 g/mol. The number of rotatable bonds is 3. The van der Waals surface area contributed by atoms with Crippen LogP contribution in [-0.4, -0.2) is 33.8 Å². The molecule has 19 heavy (non-hydrogen) atoms. The molecule has 0 aliphatic rings. The zero-order chi connectivity index (χ0) is 14.0. The van der Waals surface area contributed by atoms with Crippen LogP contribution in [0.3, 0.4) is 0 Å². The number of hydrogen-bond acceptors (Lipinski definition) is 6. The third kappa shape index (κ3) is 2.37. The zero-order valence-corrected chi connectivity index (χ0v) is 10.0. The maximum atomic E-state index is 11.6. The van der Waals surface area contributed by atoms with Gasteiger partial charge in [0.15, 0.2) is 5.82 Å². The van der Waals surface area contributed by atoms with Crippen LogP contribution < -0.4 is 11.5 Å². The Balaban J connectivity index is 2.54. The lowest BCUT2D eigenvalue weighted by Crippen LogP contribution is -2.14. The molecule has 0 radical (unpaired) electrons. The lowest BCUT2D eigenvalue weighted by molar-refractivity contribution is 0.0600. The summed E-state index contributed by atoms with van der Waals surface area (Å²) >= 11 is 0. The molecule has 2 aromatic heterocycles. The Kier molecular flexibility index (Phi) is 3.15. The molecule has 0 aromatic carbocycles. The van der Waals surface area contributed by atoms with Crippen molar-refractivity contribution in [1.82, 2.24) is 14.8 Å². The minimum Gasteiger partial charge on any atom is -0.465 e. The van der Waals surface area contributed by atoms with E-state index in [4.69, 9.17) is 11.5 Å². The van der Waals surface area contributed by atoms with Gasteiger partial charge in [0.05, 0.1) is 19.0 Å². The van der Waals surface area contributed by atoms with E-state index in [2.05, 4.69) is 14.8 Å². The molecule has 0 spiro atoms. The predicted molar refractivity (Wildman–Crippen MR) is 65.6 cm³/mol. The van der Waals surface area contributed by atoms with Gasteiger partial charge >= 0.3 is 5.97 Å². The summed E-state index contributed by atoms with van der Waals surface area (Å²) in [5.74, 6) is -1.08. The highest BCUT2D eigenvalue weighted by atomic mass is 16.5. The highest BCUT2D eigenvalue weighted by molar-refractivity contribution is 5.94. The fourth-order valence-corrected chi connectivity index (χ4v) is 1.49. The Hall–Kier alpha value is -2.90. The van der Waals surface area contributed by atoms with E-state index in [1.54, 1.807) is 0 Å². The van der Waals surface area contributed by atoms with Crippen molar-refractivity contribution in [3.05, 3.63) is 35.8 Å². The van der Waals surface area contributed by atoms with E-state index in [-0.39, 0.29) is 17.1 Å². The number of hydrogen-bond donors (Lipinski definition) is 2. The van der Waals surface area contributed by atoms with Gasteiger partial charge in [0.25, 0.3) is 5.91 Å². The molecular weight excluding hydrogens is 250 g/mol. The summed E-state index contributed by atoms with van der Waals surface area (Å²) in [7, 11) is 1.24. The number of ether oxygens (including phenoxy) is 1. The first kappa shape index (κ1) is 12.6. The molecule has 2 heterocycles. The number of carbonyl (C=O) groups excluding carboxylic acids is 2. The molecule has 8 heteroatoms. The smallest absolute Gasteiger partial charge is 0.341 e. The SMILES string of the molecule is COC(=O)c1cc(N)cnc1-n1ccc(C(N)=O)n1. The van der Waals surface area contributed by atoms with Crippen LogP contribution >= 0.6 is 0 Å². The van der Waals surface area contributed by atoms with E-state index in [1.807, 2.05) is 0 Å². The van der Waals surface area contributed by atoms with Crippen LogP contribution in [0.5, 0.6) is 0 Å². The Labute approximate surface area is 108 Å². The van der Waals surface area contributed by atoms with Crippen LogP contribution in [0.1, 0.15) is 20.8 Å². The van der Waals surface area contributed by atoms with Gasteiger partial charge in [-0.25, -0.2) is 14.5 Å². The Bertz CT molecular complexity index is 650. The highest BCUT2D eigenvalue weighted by Crippen LogP contribution is 2.15. The first-order valence-electron chi connectivity index (χ1n) is 5.22. The summed E-state index contributed by atoms with van der Waals surface area (Å²) in [6.07, 6.45) is 2.83. The number of amides is 1. The number of anilines is 1. The summed E-state index contributed by atoms with van der Waals surface area (Å²) in [5, 5.41) is 3.92. The molecule has 0 bridgehead atoms. The third-order valence-electron chi connectivity index (χ3n) is 2.35. The van der Waals surface area contributed by atoms with E-state index >= 15 is 0 Å². The molecule has 0 unspecified atom stereocenters. The normalized spacial score (nSPS) is 10.2. The molecule has 0 saturated heterocycles. The molecule has 0 aliphatic carbocycles. The van der Waals surface area contributed by atoms with Crippen molar-refractivity contribution in [3.63, 3.8) is 0 Å². The minimum absolute atomic E-state index is 0.0643. The maximum absolute atomic E-state index is 11.6. The van der Waals surface area contributed by atoms with E-state index in [0.717, 1.165) is 0 Å². The number of methoxy groups -OCH3 is 1. The summed E-state index contributed by atoms with van der Waals surface area (Å²) < 4.78 is 5.90. The van der Waals surface area contributed by atoms with Crippen molar-refractivity contribution in [2.45, 2.75) is 0 Å². The topological polar surface area (TPSA) is 126 Å². The van der Waals surface area contributed by atoms with Gasteiger partial charge in [0, 0.05) is 6.20 Å². The van der Waals surface area contributed by atoms with Gasteiger partial charge in [0.2, 0.25) is 0 Å². The van der Waals surface area contributed by atoms with Gasteiger partial charge in [0.1, 0.15) is 11.3 Å². The van der Waals surface area contributed by atoms with Crippen LogP contribution in [0.2, 0.25) is 0 Å². The number of nitrogens with zero attached hydrogens (tertiary/aromatic N) is 3. The van der Waals surface area contributed by atoms with Gasteiger partial charge in [-0.05, 0) is 12.1 Å². The van der Waals surface area contributed by atoms with Crippen molar-refractivity contribution in [3.8, 4) is 5.82 Å². The molecular formula is C11H11N5O3. The van der Waals surface area contributed by atoms with Crippen molar-refractivity contribution < 1.29 is 14.3 Å². The van der Waals surface area contributed by atoms with Crippen molar-refractivity contribution >= 4 is 17.6 Å². The fourth-order valence-electron chi connectivity index (χ4n) is 1.49. The molecule has 1 amide bonds. The van der Waals surface area contributed by atoms with E-state index in [9.17, 15) is 9.59 Å². The molecule has 0 atom stereocenters. The highest BCUT2D eigenvalue weighted by Gasteiger charge is 2.17. The third-order valence-corrected chi connectivity index (χ3v) is 2.35. The first-order chi connectivity index (χ1) is 9.02. The van der Waals surface area contributed by atoms with E-state index in [1.165, 1.54) is 36.3 Å². The molecule has 2 aromatic rings. The van der Waals surface area contributed by atoms with E-state index in [0.29, 0.717) is 5.69 Å². The second-order valence-corrected chi connectivity index (χ2v) is 3.64. The summed E-state index contributed by atoms with van der Waals surface area (Å²) in [6.45, 7) is 0. The fraction of sp³-hybridized carbons (Fsp3) is 0.0909. The largest absolute Gasteiger partial charge is 0.465 e. The van der Waals surface area contributed by atoms with Gasteiger partial charge in [-0.1, -0.05) is 0 Å². The molecule has 4 N–H and O–H groups in total. The number of esters is 1. The van der Waals surface area contributed by atoms with Crippen LogP contribution in [0.4, 0.5) is 5.69 Å². The molecule has 0 fully saturated rings. The van der Waals surface area contributed by atoms with E-state index < -0.39 is 11.9 Å². The van der Waals surface area contributed by atoms with Crippen LogP contribution in [0.25, 0.3) is 5.82 Å². The van der Waals surface area contributed by atoms with Crippen molar-refractivity contribution in [2.24, 2.45) is 5.73 Å². The Morgan fingerprint density at radius 1 is 1.42 bits per heavy atom.